The van der Waals surface area contributed by atoms with E-state index in [4.69, 9.17) is 10.2 Å². The molecule has 0 spiro atoms. The van der Waals surface area contributed by atoms with Gasteiger partial charge in [0.05, 0.1) is 0 Å². The highest BCUT2D eigenvalue weighted by molar-refractivity contribution is 7.26. The van der Waals surface area contributed by atoms with Crippen molar-refractivity contribution in [2.45, 2.75) is 31.6 Å². The first-order valence-corrected chi connectivity index (χ1v) is 20.0. The summed E-state index contributed by atoms with van der Waals surface area (Å²) < 4.78 is 9.35. The van der Waals surface area contributed by atoms with Crippen LogP contribution >= 0.6 is 11.3 Å². The molecule has 2 nitrogen and oxygen atoms in total. The number of allylic oxidation sites excluding steroid dienone is 9. The van der Waals surface area contributed by atoms with Crippen LogP contribution in [0.5, 0.6) is 0 Å². The van der Waals surface area contributed by atoms with E-state index in [1.165, 1.54) is 70.3 Å². The van der Waals surface area contributed by atoms with Crippen LogP contribution in [0.15, 0.2) is 156 Å². The van der Waals surface area contributed by atoms with Gasteiger partial charge in [0.2, 0.25) is 0 Å². The lowest BCUT2D eigenvalue weighted by molar-refractivity contribution is 0.568. The molecule has 0 saturated carbocycles. The SMILES string of the molecule is Cc1ccccc1-c1cc(C2C=c3oc4cccc(C5=CCC(C6=Cc7ccccc7C7C=CC=CC67)C=C5)c4c3=C(N)C2)cc2c1sc1ccccc12. The maximum atomic E-state index is 7.14. The Kier molecular flexibility index (Phi) is 7.22. The van der Waals surface area contributed by atoms with E-state index in [1.807, 2.05) is 11.3 Å². The molecule has 7 aromatic rings. The number of rotatable bonds is 4. The quantitative estimate of drug-likeness (QED) is 0.197. The van der Waals surface area contributed by atoms with Crippen LogP contribution in [0.1, 0.15) is 52.5 Å². The van der Waals surface area contributed by atoms with Gasteiger partial charge in [0, 0.05) is 65.7 Å². The first kappa shape index (κ1) is 31.6. The number of hydrogen-bond acceptors (Lipinski definition) is 3. The first-order valence-electron chi connectivity index (χ1n) is 19.2. The molecule has 2 N–H and O–H groups in total. The van der Waals surface area contributed by atoms with Gasteiger partial charge in [-0.05, 0) is 89.1 Å². The number of thiophene rings is 1. The highest BCUT2D eigenvalue weighted by Gasteiger charge is 2.33. The molecule has 2 heterocycles. The normalized spacial score (nSPS) is 21.5. The number of benzene rings is 5. The summed E-state index contributed by atoms with van der Waals surface area (Å²) in [7, 11) is 0. The standard InChI is InChI=1S/C51H39NOS/c1-30-11-2-4-13-36(30)43-26-34(27-44-41-17-8-9-20-48(41)54-51(43)44)35-28-45(52)50-47(29-35)53-46-19-10-18-38(49(46)50)31-21-23-32(24-22-31)42-25-33-12-3-5-14-37(33)39-15-6-7-16-40(39)42/h2-23,25-27,29,32,35,39-40H,24,28,52H2,1H3. The fraction of sp³-hybridized carbons (Fsp3) is 0.137. The van der Waals surface area contributed by atoms with E-state index >= 15 is 0 Å². The summed E-state index contributed by atoms with van der Waals surface area (Å²) in [4.78, 5) is 0. The molecule has 0 amide bonds. The Bertz CT molecular complexity index is 3000. The van der Waals surface area contributed by atoms with Crippen molar-refractivity contribution < 1.29 is 4.42 Å². The predicted molar refractivity (Wildman–Crippen MR) is 229 cm³/mol. The van der Waals surface area contributed by atoms with Crippen molar-refractivity contribution in [3.05, 3.63) is 190 Å². The number of fused-ring (bicyclic) bond motifs is 9. The fourth-order valence-corrected chi connectivity index (χ4v) is 10.9. The molecule has 0 saturated heterocycles. The summed E-state index contributed by atoms with van der Waals surface area (Å²) in [6, 6.07) is 37.7. The van der Waals surface area contributed by atoms with Crippen molar-refractivity contribution in [1.29, 1.82) is 0 Å². The molecule has 4 aliphatic rings. The second-order valence-electron chi connectivity index (χ2n) is 15.3. The van der Waals surface area contributed by atoms with Crippen LogP contribution in [0.25, 0.3) is 65.7 Å². The minimum absolute atomic E-state index is 0.100. The Labute approximate surface area is 319 Å². The van der Waals surface area contributed by atoms with E-state index in [9.17, 15) is 0 Å². The number of aryl methyl sites for hydroxylation is 1. The van der Waals surface area contributed by atoms with E-state index in [0.29, 0.717) is 17.8 Å². The molecule has 4 unspecified atom stereocenters. The third-order valence-electron chi connectivity index (χ3n) is 12.3. The summed E-state index contributed by atoms with van der Waals surface area (Å²) in [5, 5.41) is 4.80. The largest absolute Gasteiger partial charge is 0.456 e. The molecule has 0 bridgehead atoms. The number of hydrogen-bond donors (Lipinski definition) is 1. The molecular weight excluding hydrogens is 675 g/mol. The summed E-state index contributed by atoms with van der Waals surface area (Å²) in [5.74, 6) is 1.25. The van der Waals surface area contributed by atoms with Crippen LogP contribution in [-0.2, 0) is 0 Å². The zero-order chi connectivity index (χ0) is 35.9. The van der Waals surface area contributed by atoms with Gasteiger partial charge < -0.3 is 10.2 Å². The molecule has 5 aromatic carbocycles. The van der Waals surface area contributed by atoms with Crippen LogP contribution in [0.4, 0.5) is 0 Å². The summed E-state index contributed by atoms with van der Waals surface area (Å²) >= 11 is 1.89. The van der Waals surface area contributed by atoms with Gasteiger partial charge in [-0.2, -0.15) is 0 Å². The van der Waals surface area contributed by atoms with Crippen LogP contribution in [-0.4, -0.2) is 0 Å². The third-order valence-corrected chi connectivity index (χ3v) is 13.5. The lowest BCUT2D eigenvalue weighted by Crippen LogP contribution is -2.32. The van der Waals surface area contributed by atoms with Gasteiger partial charge in [-0.1, -0.05) is 133 Å². The third kappa shape index (κ3) is 4.92. The lowest BCUT2D eigenvalue weighted by atomic mass is 9.68. The summed E-state index contributed by atoms with van der Waals surface area (Å²) in [5.41, 5.74) is 21.6. The van der Waals surface area contributed by atoms with Crippen LogP contribution < -0.4 is 16.4 Å². The second kappa shape index (κ2) is 12.3. The smallest absolute Gasteiger partial charge is 0.136 e. The highest BCUT2D eigenvalue weighted by atomic mass is 32.1. The Balaban J connectivity index is 0.983. The van der Waals surface area contributed by atoms with Crippen LogP contribution in [0, 0.1) is 18.8 Å². The number of furan rings is 1. The van der Waals surface area contributed by atoms with E-state index in [-0.39, 0.29) is 5.92 Å². The molecule has 4 atom stereocenters. The van der Waals surface area contributed by atoms with Crippen molar-refractivity contribution in [1.82, 2.24) is 0 Å². The van der Waals surface area contributed by atoms with E-state index in [0.717, 1.165) is 40.1 Å². The van der Waals surface area contributed by atoms with Gasteiger partial charge in [0.1, 0.15) is 11.0 Å². The zero-order valence-electron chi connectivity index (χ0n) is 30.1. The molecule has 54 heavy (non-hydrogen) atoms. The zero-order valence-corrected chi connectivity index (χ0v) is 30.9. The molecule has 2 aromatic heterocycles. The second-order valence-corrected chi connectivity index (χ2v) is 16.4. The van der Waals surface area contributed by atoms with Gasteiger partial charge in [0.25, 0.3) is 0 Å². The van der Waals surface area contributed by atoms with Crippen LogP contribution in [0.3, 0.4) is 0 Å². The Morgan fingerprint density at radius 3 is 2.44 bits per heavy atom. The van der Waals surface area contributed by atoms with Gasteiger partial charge in [0.15, 0.2) is 0 Å². The highest BCUT2D eigenvalue weighted by Crippen LogP contribution is 2.47. The van der Waals surface area contributed by atoms with Gasteiger partial charge in [-0.3, -0.25) is 0 Å². The van der Waals surface area contributed by atoms with E-state index in [1.54, 1.807) is 0 Å². The monoisotopic (exact) mass is 713 g/mol. The maximum Gasteiger partial charge on any atom is 0.136 e. The minimum Gasteiger partial charge on any atom is -0.456 e. The number of nitrogens with two attached hydrogens (primary N) is 1. The predicted octanol–water partition coefficient (Wildman–Crippen LogP) is 11.7. The fourth-order valence-electron chi connectivity index (χ4n) is 9.64. The van der Waals surface area contributed by atoms with Crippen molar-refractivity contribution in [3.63, 3.8) is 0 Å². The Hall–Kier alpha value is -5.90. The average Bonchev–Trinajstić information content (AvgIpc) is 3.79. The first-order chi connectivity index (χ1) is 26.6. The van der Waals surface area contributed by atoms with Crippen molar-refractivity contribution >= 4 is 65.9 Å². The average molecular weight is 714 g/mol. The van der Waals surface area contributed by atoms with Gasteiger partial charge >= 0.3 is 0 Å². The van der Waals surface area contributed by atoms with Gasteiger partial charge in [-0.15, -0.1) is 11.3 Å². The molecule has 11 rings (SSSR count). The molecule has 0 aliphatic heterocycles. The van der Waals surface area contributed by atoms with E-state index in [2.05, 4.69) is 165 Å². The lowest BCUT2D eigenvalue weighted by Gasteiger charge is -2.35. The molecule has 3 heteroatoms. The van der Waals surface area contributed by atoms with E-state index < -0.39 is 0 Å². The molecule has 4 aliphatic carbocycles. The molecule has 0 radical (unpaired) electrons. The summed E-state index contributed by atoms with van der Waals surface area (Å²) in [6.07, 6.45) is 22.9. The van der Waals surface area contributed by atoms with Crippen molar-refractivity contribution in [3.8, 4) is 11.1 Å². The maximum absolute atomic E-state index is 7.14. The minimum atomic E-state index is 0.100. The molecular formula is C51H39NOS. The Morgan fingerprint density at radius 2 is 1.56 bits per heavy atom. The molecule has 260 valence electrons. The van der Waals surface area contributed by atoms with Crippen molar-refractivity contribution in [2.24, 2.45) is 17.6 Å². The van der Waals surface area contributed by atoms with Gasteiger partial charge in [-0.25, -0.2) is 0 Å². The summed E-state index contributed by atoms with van der Waals surface area (Å²) in [6.45, 7) is 2.21. The Morgan fingerprint density at radius 1 is 0.741 bits per heavy atom. The van der Waals surface area contributed by atoms with Crippen molar-refractivity contribution in [2.75, 3.05) is 0 Å². The van der Waals surface area contributed by atoms with Crippen LogP contribution in [0.2, 0.25) is 0 Å². The topological polar surface area (TPSA) is 39.2 Å². The molecule has 0 fully saturated rings.